The number of rotatable bonds is 4. The van der Waals surface area contributed by atoms with Gasteiger partial charge in [0.15, 0.2) is 0 Å². The fourth-order valence-electron chi connectivity index (χ4n) is 1.87. The molecule has 1 aromatic heterocycles. The van der Waals surface area contributed by atoms with Crippen LogP contribution in [0.5, 0.6) is 0 Å². The zero-order valence-electron chi connectivity index (χ0n) is 10.2. The Labute approximate surface area is 101 Å². The molecule has 1 atom stereocenters. The summed E-state index contributed by atoms with van der Waals surface area (Å²) in [6.45, 7) is 2.71. The van der Waals surface area contributed by atoms with E-state index in [0.29, 0.717) is 5.56 Å². The topological polar surface area (TPSA) is 17.0 Å². The molecule has 0 radical (unpaired) electrons. The van der Waals surface area contributed by atoms with Crippen molar-refractivity contribution in [1.82, 2.24) is 9.88 Å². The van der Waals surface area contributed by atoms with Crippen LogP contribution in [0.2, 0.25) is 0 Å². The van der Waals surface area contributed by atoms with E-state index < -0.39 is 0 Å². The molecule has 0 aliphatic rings. The van der Waals surface area contributed by atoms with Gasteiger partial charge in [0.05, 0.1) is 0 Å². The van der Waals surface area contributed by atoms with E-state index in [1.807, 2.05) is 38.4 Å². The van der Waals surface area contributed by atoms with E-state index in [1.165, 1.54) is 11.8 Å². The first-order valence-corrected chi connectivity index (χ1v) is 5.76. The fraction of sp³-hybridized carbons (Fsp3) is 0.286. The highest BCUT2D eigenvalue weighted by Gasteiger charge is 2.09. The van der Waals surface area contributed by atoms with Gasteiger partial charge in [-0.05, 0) is 25.1 Å². The molecule has 1 unspecified atom stereocenters. The highest BCUT2D eigenvalue weighted by molar-refractivity contribution is 5.20. The van der Waals surface area contributed by atoms with Crippen LogP contribution in [0.3, 0.4) is 0 Å². The van der Waals surface area contributed by atoms with Crippen molar-refractivity contribution in [3.05, 3.63) is 59.7 Å². The Morgan fingerprint density at radius 3 is 2.65 bits per heavy atom. The van der Waals surface area contributed by atoms with Crippen molar-refractivity contribution in [3.63, 3.8) is 0 Å². The van der Waals surface area contributed by atoms with Gasteiger partial charge in [-0.3, -0.25) is 0 Å². The van der Waals surface area contributed by atoms with Crippen LogP contribution in [0.4, 0.5) is 4.39 Å². The standard InChI is InChI=1S/C14H17FN2/c1-11(13-7-3-4-8-14(13)15)16-10-12-6-5-9-17(12)2/h3-9,11,16H,10H2,1-2H3. The Kier molecular flexibility index (Phi) is 3.59. The molecule has 1 heterocycles. The average molecular weight is 232 g/mol. The van der Waals surface area contributed by atoms with E-state index in [1.54, 1.807) is 6.07 Å². The highest BCUT2D eigenvalue weighted by Crippen LogP contribution is 2.16. The lowest BCUT2D eigenvalue weighted by Gasteiger charge is -2.15. The number of halogens is 1. The van der Waals surface area contributed by atoms with E-state index in [0.717, 1.165) is 6.54 Å². The minimum absolute atomic E-state index is 0.00565. The maximum Gasteiger partial charge on any atom is 0.127 e. The molecular weight excluding hydrogens is 215 g/mol. The van der Waals surface area contributed by atoms with Gasteiger partial charge in [-0.25, -0.2) is 4.39 Å². The molecule has 1 N–H and O–H groups in total. The van der Waals surface area contributed by atoms with Gasteiger partial charge in [0.25, 0.3) is 0 Å². The van der Waals surface area contributed by atoms with Crippen molar-refractivity contribution in [1.29, 1.82) is 0 Å². The summed E-state index contributed by atoms with van der Waals surface area (Å²) in [5.41, 5.74) is 1.90. The van der Waals surface area contributed by atoms with Crippen molar-refractivity contribution in [2.45, 2.75) is 19.5 Å². The van der Waals surface area contributed by atoms with E-state index >= 15 is 0 Å². The van der Waals surface area contributed by atoms with Crippen molar-refractivity contribution in [2.24, 2.45) is 7.05 Å². The molecule has 0 fully saturated rings. The lowest BCUT2D eigenvalue weighted by atomic mass is 10.1. The van der Waals surface area contributed by atoms with Crippen molar-refractivity contribution >= 4 is 0 Å². The summed E-state index contributed by atoms with van der Waals surface area (Å²) in [5.74, 6) is -0.153. The molecule has 0 aliphatic heterocycles. The molecule has 0 bridgehead atoms. The quantitative estimate of drug-likeness (QED) is 0.857. The summed E-state index contributed by atoms with van der Waals surface area (Å²) < 4.78 is 15.6. The normalized spacial score (nSPS) is 12.6. The third-order valence-corrected chi connectivity index (χ3v) is 3.01. The smallest absolute Gasteiger partial charge is 0.127 e. The molecule has 0 spiro atoms. The summed E-state index contributed by atoms with van der Waals surface area (Å²) in [5, 5.41) is 3.32. The summed E-state index contributed by atoms with van der Waals surface area (Å²) in [4.78, 5) is 0. The second kappa shape index (κ2) is 5.15. The van der Waals surface area contributed by atoms with Crippen LogP contribution < -0.4 is 5.32 Å². The SMILES string of the molecule is CC(NCc1cccn1C)c1ccccc1F. The summed E-state index contributed by atoms with van der Waals surface area (Å²) in [6.07, 6.45) is 2.00. The predicted octanol–water partition coefficient (Wildman–Crippen LogP) is 3.02. The van der Waals surface area contributed by atoms with E-state index in [-0.39, 0.29) is 11.9 Å². The highest BCUT2D eigenvalue weighted by atomic mass is 19.1. The molecule has 3 heteroatoms. The number of benzene rings is 1. The first kappa shape index (κ1) is 11.9. The number of aromatic nitrogens is 1. The summed E-state index contributed by atoms with van der Waals surface area (Å²) >= 11 is 0. The number of nitrogens with zero attached hydrogens (tertiary/aromatic N) is 1. The van der Waals surface area contributed by atoms with Gasteiger partial charge in [-0.2, -0.15) is 0 Å². The van der Waals surface area contributed by atoms with Gasteiger partial charge in [0.1, 0.15) is 5.82 Å². The molecule has 2 rings (SSSR count). The van der Waals surface area contributed by atoms with Crippen molar-refractivity contribution in [2.75, 3.05) is 0 Å². The third-order valence-electron chi connectivity index (χ3n) is 3.01. The van der Waals surface area contributed by atoms with Crippen LogP contribution in [-0.4, -0.2) is 4.57 Å². The Bertz CT molecular complexity index is 490. The second-order valence-corrected chi connectivity index (χ2v) is 4.23. The van der Waals surface area contributed by atoms with Crippen molar-refractivity contribution < 1.29 is 4.39 Å². The molecule has 90 valence electrons. The minimum Gasteiger partial charge on any atom is -0.353 e. The second-order valence-electron chi connectivity index (χ2n) is 4.23. The largest absolute Gasteiger partial charge is 0.353 e. The van der Waals surface area contributed by atoms with Crippen molar-refractivity contribution in [3.8, 4) is 0 Å². The number of nitrogens with one attached hydrogen (secondary N) is 1. The minimum atomic E-state index is -0.153. The lowest BCUT2D eigenvalue weighted by Crippen LogP contribution is -2.20. The van der Waals surface area contributed by atoms with Gasteiger partial charge < -0.3 is 9.88 Å². The monoisotopic (exact) mass is 232 g/mol. The summed E-state index contributed by atoms with van der Waals surface area (Å²) in [7, 11) is 2.00. The molecule has 0 amide bonds. The van der Waals surface area contributed by atoms with Crippen LogP contribution in [0.15, 0.2) is 42.6 Å². The number of hydrogen-bond donors (Lipinski definition) is 1. The fourth-order valence-corrected chi connectivity index (χ4v) is 1.87. The Morgan fingerprint density at radius 2 is 2.00 bits per heavy atom. The Balaban J connectivity index is 2.01. The van der Waals surface area contributed by atoms with E-state index in [9.17, 15) is 4.39 Å². The van der Waals surface area contributed by atoms with E-state index in [4.69, 9.17) is 0 Å². The Morgan fingerprint density at radius 1 is 1.24 bits per heavy atom. The summed E-state index contributed by atoms with van der Waals surface area (Å²) in [6, 6.07) is 11.0. The number of aryl methyl sites for hydroxylation is 1. The number of hydrogen-bond acceptors (Lipinski definition) is 1. The third kappa shape index (κ3) is 2.74. The lowest BCUT2D eigenvalue weighted by molar-refractivity contribution is 0.520. The van der Waals surface area contributed by atoms with Gasteiger partial charge in [-0.15, -0.1) is 0 Å². The van der Waals surface area contributed by atoms with Gasteiger partial charge in [0, 0.05) is 37.1 Å². The van der Waals surface area contributed by atoms with Crippen LogP contribution >= 0.6 is 0 Å². The maximum atomic E-state index is 13.5. The average Bonchev–Trinajstić information content (AvgIpc) is 2.72. The van der Waals surface area contributed by atoms with E-state index in [2.05, 4.69) is 16.0 Å². The maximum absolute atomic E-state index is 13.5. The zero-order chi connectivity index (χ0) is 12.3. The predicted molar refractivity (Wildman–Crippen MR) is 67.1 cm³/mol. The van der Waals surface area contributed by atoms with Crippen LogP contribution in [0.1, 0.15) is 24.2 Å². The molecule has 2 aromatic rings. The zero-order valence-corrected chi connectivity index (χ0v) is 10.2. The van der Waals surface area contributed by atoms with Crippen LogP contribution in [0.25, 0.3) is 0 Å². The molecule has 0 aliphatic carbocycles. The van der Waals surface area contributed by atoms with Gasteiger partial charge in [0.2, 0.25) is 0 Å². The molecule has 0 saturated heterocycles. The molecule has 2 nitrogen and oxygen atoms in total. The van der Waals surface area contributed by atoms with Crippen LogP contribution in [0, 0.1) is 5.82 Å². The first-order chi connectivity index (χ1) is 8.18. The van der Waals surface area contributed by atoms with Gasteiger partial charge >= 0.3 is 0 Å². The molecule has 17 heavy (non-hydrogen) atoms. The Hall–Kier alpha value is -1.61. The van der Waals surface area contributed by atoms with Crippen LogP contribution in [-0.2, 0) is 13.6 Å². The molecule has 0 saturated carbocycles. The first-order valence-electron chi connectivity index (χ1n) is 5.76. The van der Waals surface area contributed by atoms with Gasteiger partial charge in [-0.1, -0.05) is 18.2 Å². The molecule has 1 aromatic carbocycles. The molecular formula is C14H17FN2.